The van der Waals surface area contributed by atoms with Crippen LogP contribution in [0.4, 0.5) is 5.69 Å². The van der Waals surface area contributed by atoms with E-state index in [4.69, 9.17) is 17.3 Å². The Bertz CT molecular complexity index is 569. The molecule has 3 nitrogen and oxygen atoms in total. The Hall–Kier alpha value is -1.58. The van der Waals surface area contributed by atoms with Gasteiger partial charge in [0.1, 0.15) is 0 Å². The van der Waals surface area contributed by atoms with E-state index in [1.807, 2.05) is 50.4 Å². The zero-order valence-electron chi connectivity index (χ0n) is 11.2. The van der Waals surface area contributed by atoms with Crippen LogP contribution >= 0.6 is 11.6 Å². The lowest BCUT2D eigenvalue weighted by Gasteiger charge is -2.22. The van der Waals surface area contributed by atoms with Crippen LogP contribution in [0.1, 0.15) is 17.0 Å². The van der Waals surface area contributed by atoms with Gasteiger partial charge in [-0.05, 0) is 31.2 Å². The van der Waals surface area contributed by atoms with Crippen LogP contribution in [0.5, 0.6) is 0 Å². The average molecular weight is 276 g/mol. The number of anilines is 1. The third-order valence-corrected chi connectivity index (χ3v) is 3.41. The maximum atomic E-state index is 6.18. The first-order valence-electron chi connectivity index (χ1n) is 6.23. The van der Waals surface area contributed by atoms with E-state index in [0.717, 1.165) is 29.2 Å². The summed E-state index contributed by atoms with van der Waals surface area (Å²) in [6, 6.07) is 11.9. The third kappa shape index (κ3) is 3.25. The van der Waals surface area contributed by atoms with Crippen molar-refractivity contribution in [2.45, 2.75) is 20.0 Å². The second kappa shape index (κ2) is 6.04. The number of halogens is 1. The third-order valence-electron chi connectivity index (χ3n) is 3.05. The molecule has 1 aromatic carbocycles. The monoisotopic (exact) mass is 275 g/mol. The summed E-state index contributed by atoms with van der Waals surface area (Å²) in [7, 11) is 2.02. The van der Waals surface area contributed by atoms with Gasteiger partial charge in [0, 0.05) is 35.6 Å². The Labute approximate surface area is 119 Å². The van der Waals surface area contributed by atoms with Gasteiger partial charge in [0.05, 0.1) is 12.2 Å². The van der Waals surface area contributed by atoms with E-state index < -0.39 is 0 Å². The van der Waals surface area contributed by atoms with Crippen LogP contribution in [0.25, 0.3) is 0 Å². The molecule has 2 rings (SSSR count). The molecule has 0 saturated carbocycles. The average Bonchev–Trinajstić information content (AvgIpc) is 2.38. The van der Waals surface area contributed by atoms with Gasteiger partial charge in [0.2, 0.25) is 0 Å². The van der Waals surface area contributed by atoms with Crippen LogP contribution in [-0.4, -0.2) is 12.0 Å². The summed E-state index contributed by atoms with van der Waals surface area (Å²) in [6.07, 6.45) is 0. The Kier molecular flexibility index (Phi) is 4.40. The van der Waals surface area contributed by atoms with E-state index >= 15 is 0 Å². The molecule has 0 radical (unpaired) electrons. The lowest BCUT2D eigenvalue weighted by molar-refractivity contribution is 0.865. The number of pyridine rings is 1. The number of benzene rings is 1. The molecule has 0 aliphatic rings. The van der Waals surface area contributed by atoms with Gasteiger partial charge in [-0.3, -0.25) is 4.98 Å². The molecular weight excluding hydrogens is 258 g/mol. The minimum Gasteiger partial charge on any atom is -0.368 e. The standard InChI is InChI=1S/C15H18ClN3/c1-11-5-3-6-12(18-11)10-19(2)15-8-4-7-14(16)13(15)9-17/h3-8H,9-10,17H2,1-2H3. The van der Waals surface area contributed by atoms with E-state index in [-0.39, 0.29) is 0 Å². The predicted octanol–water partition coefficient (Wildman–Crippen LogP) is 3.14. The molecule has 0 spiro atoms. The maximum absolute atomic E-state index is 6.18. The van der Waals surface area contributed by atoms with Crippen molar-refractivity contribution in [1.82, 2.24) is 4.98 Å². The van der Waals surface area contributed by atoms with Crippen LogP contribution in [0.15, 0.2) is 36.4 Å². The van der Waals surface area contributed by atoms with E-state index in [1.54, 1.807) is 0 Å². The lowest BCUT2D eigenvalue weighted by atomic mass is 10.1. The molecule has 0 atom stereocenters. The summed E-state index contributed by atoms with van der Waals surface area (Å²) in [5, 5.41) is 0.712. The molecule has 0 aliphatic heterocycles. The predicted molar refractivity (Wildman–Crippen MR) is 80.4 cm³/mol. The molecule has 19 heavy (non-hydrogen) atoms. The number of aromatic nitrogens is 1. The largest absolute Gasteiger partial charge is 0.368 e. The highest BCUT2D eigenvalue weighted by Gasteiger charge is 2.10. The van der Waals surface area contributed by atoms with Crippen LogP contribution in [0.3, 0.4) is 0 Å². The molecule has 1 heterocycles. The van der Waals surface area contributed by atoms with Gasteiger partial charge in [-0.1, -0.05) is 23.7 Å². The van der Waals surface area contributed by atoms with Crippen molar-refractivity contribution in [3.63, 3.8) is 0 Å². The quantitative estimate of drug-likeness (QED) is 0.932. The molecule has 1 aromatic heterocycles. The van der Waals surface area contributed by atoms with Crippen LogP contribution in [-0.2, 0) is 13.1 Å². The maximum Gasteiger partial charge on any atom is 0.0600 e. The minimum absolute atomic E-state index is 0.431. The van der Waals surface area contributed by atoms with Gasteiger partial charge in [-0.25, -0.2) is 0 Å². The summed E-state index contributed by atoms with van der Waals surface area (Å²) in [6.45, 7) is 3.16. The summed E-state index contributed by atoms with van der Waals surface area (Å²) < 4.78 is 0. The van der Waals surface area contributed by atoms with Crippen molar-refractivity contribution in [3.05, 3.63) is 58.4 Å². The molecule has 2 aromatic rings. The summed E-state index contributed by atoms with van der Waals surface area (Å²) in [5.74, 6) is 0. The van der Waals surface area contributed by atoms with Crippen molar-refractivity contribution in [3.8, 4) is 0 Å². The van der Waals surface area contributed by atoms with Crippen LogP contribution < -0.4 is 10.6 Å². The van der Waals surface area contributed by atoms with Gasteiger partial charge in [0.15, 0.2) is 0 Å². The second-order valence-electron chi connectivity index (χ2n) is 4.57. The highest BCUT2D eigenvalue weighted by atomic mass is 35.5. The van der Waals surface area contributed by atoms with E-state index in [0.29, 0.717) is 11.6 Å². The Balaban J connectivity index is 2.25. The van der Waals surface area contributed by atoms with E-state index in [2.05, 4.69) is 9.88 Å². The molecule has 0 saturated heterocycles. The summed E-state index contributed by atoms with van der Waals surface area (Å²) in [5.41, 5.74) is 9.86. The number of nitrogens with zero attached hydrogens (tertiary/aromatic N) is 2. The molecule has 2 N–H and O–H groups in total. The van der Waals surface area contributed by atoms with E-state index in [9.17, 15) is 0 Å². The molecule has 0 fully saturated rings. The van der Waals surface area contributed by atoms with Crippen LogP contribution in [0.2, 0.25) is 5.02 Å². The van der Waals surface area contributed by atoms with Gasteiger partial charge in [-0.15, -0.1) is 0 Å². The number of nitrogens with two attached hydrogens (primary N) is 1. The number of hydrogen-bond acceptors (Lipinski definition) is 3. The Morgan fingerprint density at radius 2 is 1.95 bits per heavy atom. The Morgan fingerprint density at radius 1 is 1.21 bits per heavy atom. The first-order valence-corrected chi connectivity index (χ1v) is 6.60. The number of hydrogen-bond donors (Lipinski definition) is 1. The van der Waals surface area contributed by atoms with Crippen LogP contribution in [0, 0.1) is 6.92 Å². The fourth-order valence-electron chi connectivity index (χ4n) is 2.12. The highest BCUT2D eigenvalue weighted by Crippen LogP contribution is 2.27. The van der Waals surface area contributed by atoms with Crippen molar-refractivity contribution in [1.29, 1.82) is 0 Å². The fraction of sp³-hybridized carbons (Fsp3) is 0.267. The number of rotatable bonds is 4. The molecule has 0 unspecified atom stereocenters. The normalized spacial score (nSPS) is 10.5. The summed E-state index contributed by atoms with van der Waals surface area (Å²) >= 11 is 6.18. The molecular formula is C15H18ClN3. The molecule has 4 heteroatoms. The van der Waals surface area contributed by atoms with Gasteiger partial charge < -0.3 is 10.6 Å². The van der Waals surface area contributed by atoms with Crippen molar-refractivity contribution >= 4 is 17.3 Å². The van der Waals surface area contributed by atoms with E-state index in [1.165, 1.54) is 0 Å². The van der Waals surface area contributed by atoms with Gasteiger partial charge in [0.25, 0.3) is 0 Å². The first-order chi connectivity index (χ1) is 9.11. The first kappa shape index (κ1) is 13.8. The highest BCUT2D eigenvalue weighted by molar-refractivity contribution is 6.31. The van der Waals surface area contributed by atoms with Gasteiger partial charge >= 0.3 is 0 Å². The lowest BCUT2D eigenvalue weighted by Crippen LogP contribution is -2.20. The molecule has 0 aliphatic carbocycles. The smallest absolute Gasteiger partial charge is 0.0600 e. The molecule has 0 amide bonds. The SMILES string of the molecule is Cc1cccc(CN(C)c2cccc(Cl)c2CN)n1. The Morgan fingerprint density at radius 3 is 2.63 bits per heavy atom. The molecule has 0 bridgehead atoms. The molecule has 100 valence electrons. The fourth-order valence-corrected chi connectivity index (χ4v) is 2.37. The van der Waals surface area contributed by atoms with Crippen molar-refractivity contribution < 1.29 is 0 Å². The zero-order valence-corrected chi connectivity index (χ0v) is 12.0. The van der Waals surface area contributed by atoms with Gasteiger partial charge in [-0.2, -0.15) is 0 Å². The number of aryl methyl sites for hydroxylation is 1. The van der Waals surface area contributed by atoms with Crippen molar-refractivity contribution in [2.75, 3.05) is 11.9 Å². The minimum atomic E-state index is 0.431. The van der Waals surface area contributed by atoms with Crippen molar-refractivity contribution in [2.24, 2.45) is 5.73 Å². The zero-order chi connectivity index (χ0) is 13.8. The topological polar surface area (TPSA) is 42.1 Å². The summed E-state index contributed by atoms with van der Waals surface area (Å²) in [4.78, 5) is 6.63. The second-order valence-corrected chi connectivity index (χ2v) is 4.98.